The molecule has 0 aromatic heterocycles. The van der Waals surface area contributed by atoms with Gasteiger partial charge in [-0.3, -0.25) is 9.69 Å². The van der Waals surface area contributed by atoms with E-state index < -0.39 is 0 Å². The second-order valence-corrected chi connectivity index (χ2v) is 6.66. The normalized spacial score (nSPS) is 20.5. The number of piperidine rings is 1. The first-order valence-corrected chi connectivity index (χ1v) is 8.18. The lowest BCUT2D eigenvalue weighted by Gasteiger charge is -2.37. The van der Waals surface area contributed by atoms with E-state index in [9.17, 15) is 4.79 Å². The standard InChI is InChI=1S/C18H26N2O/c1-14-5-3-4-6-16(14)13-20-11-9-17(10-12-20)19(2)18(21)15-7-8-15/h3-6,15,17H,7-13H2,1-2H3. The monoisotopic (exact) mass is 286 g/mol. The molecule has 1 aliphatic carbocycles. The van der Waals surface area contributed by atoms with Gasteiger partial charge in [0.25, 0.3) is 0 Å². The van der Waals surface area contributed by atoms with E-state index in [2.05, 4.69) is 36.1 Å². The molecule has 1 amide bonds. The largest absolute Gasteiger partial charge is 0.342 e. The lowest BCUT2D eigenvalue weighted by molar-refractivity contribution is -0.134. The summed E-state index contributed by atoms with van der Waals surface area (Å²) in [5, 5.41) is 0. The fourth-order valence-electron chi connectivity index (χ4n) is 3.29. The molecule has 2 aliphatic rings. The van der Waals surface area contributed by atoms with Crippen molar-refractivity contribution in [2.75, 3.05) is 20.1 Å². The topological polar surface area (TPSA) is 23.6 Å². The quantitative estimate of drug-likeness (QED) is 0.850. The highest BCUT2D eigenvalue weighted by molar-refractivity contribution is 5.81. The molecule has 114 valence electrons. The second-order valence-electron chi connectivity index (χ2n) is 6.66. The van der Waals surface area contributed by atoms with E-state index in [0.717, 1.165) is 45.3 Å². The maximum absolute atomic E-state index is 12.1. The molecule has 21 heavy (non-hydrogen) atoms. The summed E-state index contributed by atoms with van der Waals surface area (Å²) in [7, 11) is 2.00. The van der Waals surface area contributed by atoms with Crippen molar-refractivity contribution in [3.8, 4) is 0 Å². The van der Waals surface area contributed by atoms with Crippen LogP contribution in [0.25, 0.3) is 0 Å². The Balaban J connectivity index is 1.51. The fourth-order valence-corrected chi connectivity index (χ4v) is 3.29. The minimum absolute atomic E-state index is 0.347. The van der Waals surface area contributed by atoms with E-state index in [1.807, 2.05) is 11.9 Å². The Morgan fingerprint density at radius 2 is 1.86 bits per heavy atom. The van der Waals surface area contributed by atoms with E-state index in [1.165, 1.54) is 11.1 Å². The van der Waals surface area contributed by atoms with Crippen LogP contribution in [-0.2, 0) is 11.3 Å². The van der Waals surface area contributed by atoms with Crippen molar-refractivity contribution in [3.63, 3.8) is 0 Å². The first-order valence-electron chi connectivity index (χ1n) is 8.18. The Kier molecular flexibility index (Phi) is 4.29. The van der Waals surface area contributed by atoms with Crippen molar-refractivity contribution >= 4 is 5.91 Å². The number of carbonyl (C=O) groups excluding carboxylic acids is 1. The maximum atomic E-state index is 12.1. The first-order chi connectivity index (χ1) is 10.1. The van der Waals surface area contributed by atoms with Gasteiger partial charge in [0.1, 0.15) is 0 Å². The van der Waals surface area contributed by atoms with Crippen molar-refractivity contribution in [3.05, 3.63) is 35.4 Å². The minimum atomic E-state index is 0.347. The van der Waals surface area contributed by atoms with Gasteiger partial charge in [-0.05, 0) is 43.7 Å². The highest BCUT2D eigenvalue weighted by atomic mass is 16.2. The maximum Gasteiger partial charge on any atom is 0.225 e. The van der Waals surface area contributed by atoms with Crippen molar-refractivity contribution < 1.29 is 4.79 Å². The van der Waals surface area contributed by atoms with Crippen LogP contribution in [0, 0.1) is 12.8 Å². The van der Waals surface area contributed by atoms with Crippen molar-refractivity contribution in [2.45, 2.75) is 45.2 Å². The number of rotatable bonds is 4. The van der Waals surface area contributed by atoms with E-state index in [0.29, 0.717) is 17.9 Å². The SMILES string of the molecule is Cc1ccccc1CN1CCC(N(C)C(=O)C2CC2)CC1. The second kappa shape index (κ2) is 6.18. The zero-order valence-corrected chi connectivity index (χ0v) is 13.2. The Morgan fingerprint density at radius 1 is 1.19 bits per heavy atom. The van der Waals surface area contributed by atoms with Gasteiger partial charge >= 0.3 is 0 Å². The van der Waals surface area contributed by atoms with Crippen LogP contribution in [0.5, 0.6) is 0 Å². The molecule has 3 heteroatoms. The van der Waals surface area contributed by atoms with Gasteiger partial charge in [0, 0.05) is 38.6 Å². The third-order valence-corrected chi connectivity index (χ3v) is 5.03. The molecule has 2 fully saturated rings. The van der Waals surface area contributed by atoms with Crippen LogP contribution in [-0.4, -0.2) is 41.9 Å². The van der Waals surface area contributed by atoms with Crippen LogP contribution in [0.3, 0.4) is 0 Å². The molecule has 1 aliphatic heterocycles. The summed E-state index contributed by atoms with van der Waals surface area (Å²) >= 11 is 0. The predicted molar refractivity (Wildman–Crippen MR) is 85.0 cm³/mol. The van der Waals surface area contributed by atoms with Gasteiger partial charge < -0.3 is 4.90 Å². The number of benzene rings is 1. The van der Waals surface area contributed by atoms with Gasteiger partial charge in [-0.15, -0.1) is 0 Å². The Morgan fingerprint density at radius 3 is 2.48 bits per heavy atom. The van der Waals surface area contributed by atoms with Crippen LogP contribution in [0.1, 0.15) is 36.8 Å². The lowest BCUT2D eigenvalue weighted by Crippen LogP contribution is -2.45. The molecule has 1 saturated heterocycles. The first kappa shape index (κ1) is 14.6. The smallest absolute Gasteiger partial charge is 0.225 e. The predicted octanol–water partition coefficient (Wildman–Crippen LogP) is 2.83. The molecular weight excluding hydrogens is 260 g/mol. The van der Waals surface area contributed by atoms with Gasteiger partial charge in [-0.25, -0.2) is 0 Å². The zero-order chi connectivity index (χ0) is 14.8. The summed E-state index contributed by atoms with van der Waals surface area (Å²) in [6.45, 7) is 5.42. The van der Waals surface area contributed by atoms with Crippen LogP contribution in [0.2, 0.25) is 0 Å². The fraction of sp³-hybridized carbons (Fsp3) is 0.611. The number of likely N-dealkylation sites (tertiary alicyclic amines) is 1. The summed E-state index contributed by atoms with van der Waals surface area (Å²) in [6, 6.07) is 9.08. The van der Waals surface area contributed by atoms with Crippen LogP contribution >= 0.6 is 0 Å². The van der Waals surface area contributed by atoms with E-state index in [1.54, 1.807) is 0 Å². The molecule has 0 unspecified atom stereocenters. The average Bonchev–Trinajstić information content (AvgIpc) is 3.34. The van der Waals surface area contributed by atoms with E-state index >= 15 is 0 Å². The number of nitrogens with zero attached hydrogens (tertiary/aromatic N) is 2. The van der Waals surface area contributed by atoms with Crippen molar-refractivity contribution in [1.82, 2.24) is 9.80 Å². The average molecular weight is 286 g/mol. The molecule has 0 spiro atoms. The van der Waals surface area contributed by atoms with Gasteiger partial charge in [0.2, 0.25) is 5.91 Å². The number of aryl methyl sites for hydroxylation is 1. The number of carbonyl (C=O) groups is 1. The molecule has 0 atom stereocenters. The molecule has 1 aromatic rings. The zero-order valence-electron chi connectivity index (χ0n) is 13.2. The molecule has 0 bridgehead atoms. The highest BCUT2D eigenvalue weighted by Gasteiger charge is 2.35. The number of hydrogen-bond acceptors (Lipinski definition) is 2. The van der Waals surface area contributed by atoms with E-state index in [4.69, 9.17) is 0 Å². The number of hydrogen-bond donors (Lipinski definition) is 0. The summed E-state index contributed by atoms with van der Waals surface area (Å²) in [4.78, 5) is 16.7. The van der Waals surface area contributed by atoms with E-state index in [-0.39, 0.29) is 0 Å². The van der Waals surface area contributed by atoms with Crippen LogP contribution < -0.4 is 0 Å². The highest BCUT2D eigenvalue weighted by Crippen LogP contribution is 2.32. The Bertz CT molecular complexity index is 502. The third kappa shape index (κ3) is 3.46. The van der Waals surface area contributed by atoms with Crippen LogP contribution in [0.4, 0.5) is 0 Å². The molecule has 1 heterocycles. The minimum Gasteiger partial charge on any atom is -0.342 e. The third-order valence-electron chi connectivity index (χ3n) is 5.03. The molecule has 0 radical (unpaired) electrons. The molecule has 1 aromatic carbocycles. The Labute approximate surface area is 127 Å². The summed E-state index contributed by atoms with van der Waals surface area (Å²) in [5.74, 6) is 0.729. The lowest BCUT2D eigenvalue weighted by atomic mass is 10.0. The van der Waals surface area contributed by atoms with Crippen LogP contribution in [0.15, 0.2) is 24.3 Å². The Hall–Kier alpha value is -1.35. The van der Waals surface area contributed by atoms with Gasteiger partial charge in [0.05, 0.1) is 0 Å². The van der Waals surface area contributed by atoms with Gasteiger partial charge in [-0.2, -0.15) is 0 Å². The van der Waals surface area contributed by atoms with Gasteiger partial charge in [-0.1, -0.05) is 24.3 Å². The summed E-state index contributed by atoms with van der Waals surface area (Å²) < 4.78 is 0. The molecule has 1 saturated carbocycles. The number of amides is 1. The molecule has 0 N–H and O–H groups in total. The summed E-state index contributed by atoms with van der Waals surface area (Å²) in [5.41, 5.74) is 2.80. The molecule has 3 nitrogen and oxygen atoms in total. The molecule has 3 rings (SSSR count). The summed E-state index contributed by atoms with van der Waals surface area (Å²) in [6.07, 6.45) is 4.44. The molecular formula is C18H26N2O. The van der Waals surface area contributed by atoms with Crippen molar-refractivity contribution in [2.24, 2.45) is 5.92 Å². The van der Waals surface area contributed by atoms with Gasteiger partial charge in [0.15, 0.2) is 0 Å². The van der Waals surface area contributed by atoms with Crippen molar-refractivity contribution in [1.29, 1.82) is 0 Å².